The van der Waals surface area contributed by atoms with E-state index in [-0.39, 0.29) is 5.92 Å². The lowest BCUT2D eigenvalue weighted by Gasteiger charge is -2.19. The second-order valence-electron chi connectivity index (χ2n) is 4.83. The minimum atomic E-state index is -0.594. The maximum Gasteiger partial charge on any atom is 0.306 e. The monoisotopic (exact) mass is 228 g/mol. The minimum absolute atomic E-state index is 0.109. The fourth-order valence-electron chi connectivity index (χ4n) is 2.18. The zero-order chi connectivity index (χ0) is 12.4. The number of hydrogen-bond donors (Lipinski definition) is 1. The van der Waals surface area contributed by atoms with Crippen LogP contribution >= 0.6 is 0 Å². The van der Waals surface area contributed by atoms with Gasteiger partial charge in [-0.2, -0.15) is 0 Å². The van der Waals surface area contributed by atoms with Crippen molar-refractivity contribution in [2.75, 3.05) is 0 Å². The van der Waals surface area contributed by atoms with Crippen LogP contribution in [0.2, 0.25) is 0 Å². The molecule has 96 valence electrons. The number of aliphatic carboxylic acids is 1. The van der Waals surface area contributed by atoms with Crippen LogP contribution < -0.4 is 0 Å². The molecule has 1 N–H and O–H groups in total. The Balaban J connectivity index is 4.06. The van der Waals surface area contributed by atoms with Gasteiger partial charge in [0.15, 0.2) is 0 Å². The third kappa shape index (κ3) is 6.86. The van der Waals surface area contributed by atoms with Gasteiger partial charge in [0.05, 0.1) is 5.92 Å². The molecule has 2 atom stereocenters. The number of carboxylic acid groups (broad SMARTS) is 1. The molecule has 0 aliphatic rings. The van der Waals surface area contributed by atoms with Gasteiger partial charge in [0.25, 0.3) is 0 Å². The van der Waals surface area contributed by atoms with Crippen LogP contribution in [0.15, 0.2) is 0 Å². The van der Waals surface area contributed by atoms with Crippen LogP contribution in [0.4, 0.5) is 0 Å². The third-order valence-corrected chi connectivity index (χ3v) is 3.42. The standard InChI is InChI=1S/C14H28O2/c1-4-7-9-12(6-3)11-13(14(15)16)10-8-5-2/h12-13H,4-11H2,1-3H3,(H,15,16). The van der Waals surface area contributed by atoms with Crippen molar-refractivity contribution in [3.8, 4) is 0 Å². The molecule has 0 saturated carbocycles. The van der Waals surface area contributed by atoms with E-state index in [0.717, 1.165) is 32.1 Å². The lowest BCUT2D eigenvalue weighted by molar-refractivity contribution is -0.142. The molecule has 0 aliphatic carbocycles. The summed E-state index contributed by atoms with van der Waals surface area (Å²) >= 11 is 0. The Bertz CT molecular complexity index is 178. The maximum atomic E-state index is 11.1. The zero-order valence-corrected chi connectivity index (χ0v) is 11.2. The van der Waals surface area contributed by atoms with Crippen molar-refractivity contribution in [1.29, 1.82) is 0 Å². The summed E-state index contributed by atoms with van der Waals surface area (Å²) in [6.45, 7) is 6.49. The molecule has 0 aromatic heterocycles. The first-order valence-corrected chi connectivity index (χ1v) is 6.88. The van der Waals surface area contributed by atoms with Gasteiger partial charge in [-0.15, -0.1) is 0 Å². The third-order valence-electron chi connectivity index (χ3n) is 3.42. The molecule has 0 fully saturated rings. The summed E-state index contributed by atoms with van der Waals surface area (Å²) in [4.78, 5) is 11.1. The molecule has 0 saturated heterocycles. The highest BCUT2D eigenvalue weighted by atomic mass is 16.4. The molecule has 0 radical (unpaired) electrons. The molecule has 0 rings (SSSR count). The number of carboxylic acids is 1. The van der Waals surface area contributed by atoms with Crippen LogP contribution in [0.25, 0.3) is 0 Å². The van der Waals surface area contributed by atoms with Crippen LogP contribution in [0, 0.1) is 11.8 Å². The SMILES string of the molecule is CCCCC(CC)CC(CCCC)C(=O)O. The first-order chi connectivity index (χ1) is 7.65. The van der Waals surface area contributed by atoms with E-state index in [9.17, 15) is 4.79 Å². The predicted molar refractivity (Wildman–Crippen MR) is 68.6 cm³/mol. The number of hydrogen-bond acceptors (Lipinski definition) is 1. The Hall–Kier alpha value is -0.530. The Kier molecular flexibility index (Phi) is 9.36. The molecule has 0 spiro atoms. The Morgan fingerprint density at radius 1 is 1.06 bits per heavy atom. The van der Waals surface area contributed by atoms with E-state index < -0.39 is 5.97 Å². The fraction of sp³-hybridized carbons (Fsp3) is 0.929. The van der Waals surface area contributed by atoms with Gasteiger partial charge in [-0.3, -0.25) is 4.79 Å². The van der Waals surface area contributed by atoms with Gasteiger partial charge < -0.3 is 5.11 Å². The molecule has 0 amide bonds. The molecule has 0 aromatic carbocycles. The van der Waals surface area contributed by atoms with Gasteiger partial charge in [-0.25, -0.2) is 0 Å². The molecule has 0 heterocycles. The summed E-state index contributed by atoms with van der Waals surface area (Å²) in [6.07, 6.45) is 8.64. The lowest BCUT2D eigenvalue weighted by Crippen LogP contribution is -2.18. The smallest absolute Gasteiger partial charge is 0.306 e. The largest absolute Gasteiger partial charge is 0.481 e. The maximum absolute atomic E-state index is 11.1. The molecular weight excluding hydrogens is 200 g/mol. The fourth-order valence-corrected chi connectivity index (χ4v) is 2.18. The molecule has 2 unspecified atom stereocenters. The average molecular weight is 228 g/mol. The van der Waals surface area contributed by atoms with Gasteiger partial charge in [-0.05, 0) is 18.8 Å². The molecule has 0 bridgehead atoms. The van der Waals surface area contributed by atoms with E-state index in [2.05, 4.69) is 20.8 Å². The van der Waals surface area contributed by atoms with Gasteiger partial charge in [0.2, 0.25) is 0 Å². The van der Waals surface area contributed by atoms with Crippen LogP contribution in [-0.4, -0.2) is 11.1 Å². The Morgan fingerprint density at radius 2 is 1.62 bits per heavy atom. The first-order valence-electron chi connectivity index (χ1n) is 6.88. The minimum Gasteiger partial charge on any atom is -0.481 e. The van der Waals surface area contributed by atoms with Crippen molar-refractivity contribution >= 4 is 5.97 Å². The second kappa shape index (κ2) is 9.68. The Labute approximate surface area is 100 Å². The van der Waals surface area contributed by atoms with Gasteiger partial charge >= 0.3 is 5.97 Å². The molecule has 2 nitrogen and oxygen atoms in total. The zero-order valence-electron chi connectivity index (χ0n) is 11.2. The van der Waals surface area contributed by atoms with Crippen LogP contribution in [0.5, 0.6) is 0 Å². The summed E-state index contributed by atoms with van der Waals surface area (Å²) in [6, 6.07) is 0. The van der Waals surface area contributed by atoms with E-state index in [1.807, 2.05) is 0 Å². The van der Waals surface area contributed by atoms with Crippen molar-refractivity contribution in [3.63, 3.8) is 0 Å². The molecule has 2 heteroatoms. The van der Waals surface area contributed by atoms with E-state index in [0.29, 0.717) is 5.92 Å². The normalized spacial score (nSPS) is 14.7. The van der Waals surface area contributed by atoms with Crippen molar-refractivity contribution in [3.05, 3.63) is 0 Å². The van der Waals surface area contributed by atoms with Crippen molar-refractivity contribution < 1.29 is 9.90 Å². The second-order valence-corrected chi connectivity index (χ2v) is 4.83. The summed E-state index contributed by atoms with van der Waals surface area (Å²) in [5, 5.41) is 9.17. The average Bonchev–Trinajstić information content (AvgIpc) is 2.28. The topological polar surface area (TPSA) is 37.3 Å². The van der Waals surface area contributed by atoms with Crippen molar-refractivity contribution in [2.24, 2.45) is 11.8 Å². The van der Waals surface area contributed by atoms with Crippen molar-refractivity contribution in [1.82, 2.24) is 0 Å². The van der Waals surface area contributed by atoms with Gasteiger partial charge in [0, 0.05) is 0 Å². The highest BCUT2D eigenvalue weighted by Gasteiger charge is 2.20. The molecule has 16 heavy (non-hydrogen) atoms. The Morgan fingerprint density at radius 3 is 2.06 bits per heavy atom. The molecule has 0 aliphatic heterocycles. The number of carbonyl (C=O) groups is 1. The number of unbranched alkanes of at least 4 members (excludes halogenated alkanes) is 2. The van der Waals surface area contributed by atoms with Crippen LogP contribution in [0.1, 0.15) is 72.1 Å². The van der Waals surface area contributed by atoms with Gasteiger partial charge in [0.1, 0.15) is 0 Å². The summed E-state index contributed by atoms with van der Waals surface area (Å²) in [7, 11) is 0. The van der Waals surface area contributed by atoms with Gasteiger partial charge in [-0.1, -0.05) is 59.3 Å². The van der Waals surface area contributed by atoms with E-state index in [1.165, 1.54) is 19.3 Å². The quantitative estimate of drug-likeness (QED) is 0.598. The lowest BCUT2D eigenvalue weighted by atomic mass is 9.86. The highest BCUT2D eigenvalue weighted by molar-refractivity contribution is 5.69. The van der Waals surface area contributed by atoms with E-state index >= 15 is 0 Å². The summed E-state index contributed by atoms with van der Waals surface area (Å²) in [5.74, 6) is -0.0944. The molecule has 0 aromatic rings. The molecular formula is C14H28O2. The van der Waals surface area contributed by atoms with E-state index in [1.54, 1.807) is 0 Å². The highest BCUT2D eigenvalue weighted by Crippen LogP contribution is 2.25. The van der Waals surface area contributed by atoms with Crippen LogP contribution in [0.3, 0.4) is 0 Å². The van der Waals surface area contributed by atoms with Crippen molar-refractivity contribution in [2.45, 2.75) is 72.1 Å². The predicted octanol–water partition coefficient (Wildman–Crippen LogP) is 4.48. The first kappa shape index (κ1) is 15.5. The number of rotatable bonds is 10. The van der Waals surface area contributed by atoms with Crippen LogP contribution in [-0.2, 0) is 4.79 Å². The summed E-state index contributed by atoms with van der Waals surface area (Å²) < 4.78 is 0. The van der Waals surface area contributed by atoms with E-state index in [4.69, 9.17) is 5.11 Å². The summed E-state index contributed by atoms with van der Waals surface area (Å²) in [5.41, 5.74) is 0.